The Morgan fingerprint density at radius 2 is 1.34 bits per heavy atom. The van der Waals surface area contributed by atoms with Gasteiger partial charge in [0.1, 0.15) is 0 Å². The minimum absolute atomic E-state index is 0. The number of nitrogens with zero attached hydrogens (tertiary/aromatic N) is 9. The molecule has 3 heterocycles. The van der Waals surface area contributed by atoms with Crippen LogP contribution in [0.3, 0.4) is 0 Å². The molecule has 0 atom stereocenters. The van der Waals surface area contributed by atoms with Gasteiger partial charge in [-0.15, -0.1) is 48.8 Å². The number of benzene rings is 3. The molecule has 6 rings (SSSR count). The summed E-state index contributed by atoms with van der Waals surface area (Å²) in [7, 11) is 0. The molecule has 0 aliphatic rings. The fraction of sp³-hybridized carbons (Fsp3) is 0.0833. The Morgan fingerprint density at radius 1 is 0.657 bits per heavy atom. The minimum Gasteiger partial charge on any atom is -0.443 e. The molecular formula is C24H15N9OPt. The quantitative estimate of drug-likeness (QED) is 0.267. The van der Waals surface area contributed by atoms with Crippen LogP contribution < -0.4 is 4.74 Å². The van der Waals surface area contributed by atoms with Crippen molar-refractivity contribution >= 4 is 21.8 Å². The predicted octanol–water partition coefficient (Wildman–Crippen LogP) is 3.62. The molecular weight excluding hydrogens is 625 g/mol. The Morgan fingerprint density at radius 3 is 2.11 bits per heavy atom. The third-order valence-electron chi connectivity index (χ3n) is 5.17. The van der Waals surface area contributed by atoms with Crippen LogP contribution in [0, 0.1) is 26.0 Å². The monoisotopic (exact) mass is 640 g/mol. The topological polar surface area (TPSA) is 117 Å². The second kappa shape index (κ2) is 9.23. The van der Waals surface area contributed by atoms with E-state index < -0.39 is 0 Å². The van der Waals surface area contributed by atoms with Crippen LogP contribution >= 0.6 is 0 Å². The summed E-state index contributed by atoms with van der Waals surface area (Å²) < 4.78 is 7.59. The van der Waals surface area contributed by atoms with Gasteiger partial charge in [-0.1, -0.05) is 33.8 Å². The average molecular weight is 641 g/mol. The van der Waals surface area contributed by atoms with Gasteiger partial charge in [0, 0.05) is 11.3 Å². The molecule has 3 aromatic heterocycles. The van der Waals surface area contributed by atoms with Crippen LogP contribution in [-0.2, 0) is 21.1 Å². The molecule has 0 saturated heterocycles. The number of aryl methyl sites for hydroxylation is 2. The molecule has 3 aromatic carbocycles. The van der Waals surface area contributed by atoms with E-state index in [0.717, 1.165) is 32.9 Å². The van der Waals surface area contributed by atoms with Crippen LogP contribution in [0.15, 0.2) is 54.6 Å². The van der Waals surface area contributed by atoms with Crippen LogP contribution in [0.25, 0.3) is 38.9 Å². The van der Waals surface area contributed by atoms with E-state index in [1.54, 1.807) is 19.9 Å². The van der Waals surface area contributed by atoms with E-state index in [2.05, 4.69) is 59.0 Å². The number of hydrogen-bond donors (Lipinski definition) is 0. The molecule has 0 amide bonds. The van der Waals surface area contributed by atoms with Crippen molar-refractivity contribution in [2.24, 2.45) is 0 Å². The van der Waals surface area contributed by atoms with Crippen LogP contribution in [0.5, 0.6) is 11.8 Å². The summed E-state index contributed by atoms with van der Waals surface area (Å²) in [5.74, 6) is 1.78. The third-order valence-corrected chi connectivity index (χ3v) is 5.17. The molecule has 0 N–H and O–H groups in total. The van der Waals surface area contributed by atoms with Gasteiger partial charge in [0.15, 0.2) is 11.6 Å². The van der Waals surface area contributed by atoms with Crippen molar-refractivity contribution in [2.75, 3.05) is 0 Å². The number of aromatic nitrogens is 9. The number of hydrogen-bond acceptors (Lipinski definition) is 9. The zero-order chi connectivity index (χ0) is 23.1. The molecule has 0 bridgehead atoms. The summed E-state index contributed by atoms with van der Waals surface area (Å²) >= 11 is 0. The van der Waals surface area contributed by atoms with Gasteiger partial charge in [-0.3, -0.25) is 4.57 Å². The second-order valence-electron chi connectivity index (χ2n) is 7.49. The van der Waals surface area contributed by atoms with Crippen LogP contribution in [0.1, 0.15) is 11.6 Å². The van der Waals surface area contributed by atoms with Crippen LogP contribution in [0.4, 0.5) is 0 Å². The standard InChI is InChI=1S/C24H15N9O.Pt/c1-14-25-29-23(30-26-14)33-21-9-4-3-8-19(21)20-11-10-17(13-22(20)33)16-6-5-7-18(12-16)34-24-31-27-15(2)28-32-24;/h3-11H,1-2H3;/q-2;+2. The van der Waals surface area contributed by atoms with Gasteiger partial charge in [0.05, 0.1) is 0 Å². The molecule has 0 saturated carbocycles. The van der Waals surface area contributed by atoms with Crippen molar-refractivity contribution in [3.05, 3.63) is 78.4 Å². The minimum atomic E-state index is 0. The van der Waals surface area contributed by atoms with Gasteiger partial charge in [-0.05, 0) is 30.8 Å². The van der Waals surface area contributed by atoms with E-state index in [1.165, 1.54) is 0 Å². The number of ether oxygens (including phenoxy) is 1. The largest absolute Gasteiger partial charge is 2.00 e. The summed E-state index contributed by atoms with van der Waals surface area (Å²) in [6.07, 6.45) is 0. The van der Waals surface area contributed by atoms with E-state index in [1.807, 2.05) is 47.0 Å². The Kier molecular flexibility index (Phi) is 5.96. The Hall–Kier alpha value is -4.17. The summed E-state index contributed by atoms with van der Waals surface area (Å²) in [5, 5.41) is 34.3. The molecule has 35 heavy (non-hydrogen) atoms. The van der Waals surface area contributed by atoms with E-state index in [-0.39, 0.29) is 27.1 Å². The maximum atomic E-state index is 5.68. The fourth-order valence-electron chi connectivity index (χ4n) is 3.70. The molecule has 0 spiro atoms. The van der Waals surface area contributed by atoms with Gasteiger partial charge >= 0.3 is 27.1 Å². The summed E-state index contributed by atoms with van der Waals surface area (Å²) in [6.45, 7) is 3.45. The molecule has 6 aromatic rings. The van der Waals surface area contributed by atoms with Crippen molar-refractivity contribution in [1.29, 1.82) is 0 Å². The molecule has 172 valence electrons. The second-order valence-corrected chi connectivity index (χ2v) is 7.49. The van der Waals surface area contributed by atoms with E-state index >= 15 is 0 Å². The summed E-state index contributed by atoms with van der Waals surface area (Å²) in [6, 6.07) is 24.4. The molecule has 10 nitrogen and oxygen atoms in total. The molecule has 0 unspecified atom stereocenters. The van der Waals surface area contributed by atoms with Gasteiger partial charge in [0.25, 0.3) is 5.95 Å². The maximum absolute atomic E-state index is 5.68. The first-order valence-electron chi connectivity index (χ1n) is 10.4. The molecule has 0 fully saturated rings. The smallest absolute Gasteiger partial charge is 0.443 e. The number of fused-ring (bicyclic) bond motifs is 3. The number of rotatable bonds is 4. The first-order valence-corrected chi connectivity index (χ1v) is 10.4. The van der Waals surface area contributed by atoms with Crippen molar-refractivity contribution in [3.63, 3.8) is 0 Å². The van der Waals surface area contributed by atoms with E-state index in [9.17, 15) is 0 Å². The molecule has 0 aliphatic carbocycles. The zero-order valence-corrected chi connectivity index (χ0v) is 20.7. The molecule has 0 aliphatic heterocycles. The van der Waals surface area contributed by atoms with Crippen molar-refractivity contribution in [3.8, 4) is 28.8 Å². The maximum Gasteiger partial charge on any atom is 2.00 e. The van der Waals surface area contributed by atoms with Gasteiger partial charge in [-0.2, -0.15) is 24.3 Å². The van der Waals surface area contributed by atoms with E-state index in [0.29, 0.717) is 23.3 Å². The fourth-order valence-corrected chi connectivity index (χ4v) is 3.70. The van der Waals surface area contributed by atoms with Crippen LogP contribution in [0.2, 0.25) is 0 Å². The molecule has 11 heteroatoms. The van der Waals surface area contributed by atoms with Gasteiger partial charge < -0.3 is 4.74 Å². The van der Waals surface area contributed by atoms with Crippen molar-refractivity contribution < 1.29 is 25.8 Å². The normalized spacial score (nSPS) is 10.9. The van der Waals surface area contributed by atoms with Gasteiger partial charge in [0.2, 0.25) is 0 Å². The SMILES string of the molecule is Cc1nnc(Oc2[c-]c(-c3[c-]c4c(cc3)c3ccccc3n4-c3nnc(C)nn3)ccc2)nn1.[Pt+2]. The van der Waals surface area contributed by atoms with E-state index in [4.69, 9.17) is 4.74 Å². The first kappa shape index (κ1) is 22.6. The predicted molar refractivity (Wildman–Crippen MR) is 122 cm³/mol. The first-order chi connectivity index (χ1) is 16.7. The Labute approximate surface area is 213 Å². The molecule has 0 radical (unpaired) electrons. The third kappa shape index (κ3) is 4.24. The van der Waals surface area contributed by atoms with Crippen LogP contribution in [-0.4, -0.2) is 45.4 Å². The summed E-state index contributed by atoms with van der Waals surface area (Å²) in [4.78, 5) is 0. The summed E-state index contributed by atoms with van der Waals surface area (Å²) in [5.41, 5.74) is 3.35. The van der Waals surface area contributed by atoms with Crippen molar-refractivity contribution in [2.45, 2.75) is 13.8 Å². The Bertz CT molecular complexity index is 1650. The Balaban J connectivity index is 0.00000253. The average Bonchev–Trinajstić information content (AvgIpc) is 3.20. The van der Waals surface area contributed by atoms with Gasteiger partial charge in [-0.25, -0.2) is 11.1 Å². The zero-order valence-electron chi connectivity index (χ0n) is 18.4. The van der Waals surface area contributed by atoms with Crippen molar-refractivity contribution in [1.82, 2.24) is 45.4 Å². The number of para-hydroxylation sites is 1.